The number of imidazole rings is 1. The highest BCUT2D eigenvalue weighted by molar-refractivity contribution is 6.10. The molecular weight excluding hydrogens is 536 g/mol. The van der Waals surface area contributed by atoms with Crippen molar-refractivity contribution in [3.63, 3.8) is 0 Å². The number of aryl methyl sites for hydroxylation is 2. The zero-order valence-corrected chi connectivity index (χ0v) is 26.5. The summed E-state index contributed by atoms with van der Waals surface area (Å²) in [6.45, 7) is 11.8. The number of benzene rings is 5. The van der Waals surface area contributed by atoms with Gasteiger partial charge >= 0.3 is 0 Å². The summed E-state index contributed by atoms with van der Waals surface area (Å²) >= 11 is 0. The molecule has 0 fully saturated rings. The third-order valence-electron chi connectivity index (χ3n) is 10.3. The van der Waals surface area contributed by atoms with Crippen LogP contribution in [0, 0.1) is 6.92 Å². The minimum atomic E-state index is 0.154. The molecule has 0 unspecified atom stereocenters. The lowest BCUT2D eigenvalue weighted by atomic mass is 9.63. The van der Waals surface area contributed by atoms with Gasteiger partial charge in [-0.15, -0.1) is 0 Å². The molecule has 44 heavy (non-hydrogen) atoms. The van der Waals surface area contributed by atoms with E-state index in [1.807, 2.05) is 0 Å². The van der Waals surface area contributed by atoms with Crippen LogP contribution in [0.2, 0.25) is 0 Å². The Balaban J connectivity index is 1.35. The molecular formula is C41H39N2O+. The maximum absolute atomic E-state index is 6.83. The average molecular weight is 576 g/mol. The van der Waals surface area contributed by atoms with E-state index in [1.165, 1.54) is 51.7 Å². The molecule has 0 spiro atoms. The summed E-state index contributed by atoms with van der Waals surface area (Å²) < 4.78 is 11.5. The van der Waals surface area contributed by atoms with Gasteiger partial charge in [-0.2, -0.15) is 4.57 Å². The number of hydrogen-bond donors (Lipinski definition) is 0. The first-order valence-corrected chi connectivity index (χ1v) is 15.8. The maximum Gasteiger partial charge on any atom is 0.295 e. The molecule has 7 aromatic rings. The zero-order chi connectivity index (χ0) is 30.4. The molecule has 1 aliphatic carbocycles. The summed E-state index contributed by atoms with van der Waals surface area (Å²) in [5.74, 6) is 1.14. The summed E-state index contributed by atoms with van der Waals surface area (Å²) in [6, 6.07) is 37.5. The van der Waals surface area contributed by atoms with Gasteiger partial charge in [-0.05, 0) is 89.2 Å². The quantitative estimate of drug-likeness (QED) is 0.192. The van der Waals surface area contributed by atoms with Crippen LogP contribution in [0.4, 0.5) is 0 Å². The first-order valence-electron chi connectivity index (χ1n) is 15.8. The van der Waals surface area contributed by atoms with Gasteiger partial charge in [-0.3, -0.25) is 0 Å². The summed E-state index contributed by atoms with van der Waals surface area (Å²) in [4.78, 5) is 0. The Bertz CT molecular complexity index is 2240. The van der Waals surface area contributed by atoms with Gasteiger partial charge in [0.25, 0.3) is 5.82 Å². The van der Waals surface area contributed by atoms with Crippen LogP contribution in [0.25, 0.3) is 61.2 Å². The van der Waals surface area contributed by atoms with Crippen molar-refractivity contribution < 1.29 is 8.98 Å². The van der Waals surface area contributed by atoms with Gasteiger partial charge < -0.3 is 4.42 Å². The SMILES string of the molecule is Cc1cc2c(cc1-c1n(-c3ccccc3)c3ccccc3[n+]1C)oc1c(-c3ccc4c(c3)C(C)(C)CCC4(C)C)cccc12. The van der Waals surface area contributed by atoms with Crippen molar-refractivity contribution in [2.45, 2.75) is 58.3 Å². The van der Waals surface area contributed by atoms with E-state index in [0.717, 1.165) is 39.0 Å². The lowest BCUT2D eigenvalue weighted by Gasteiger charge is -2.42. The Morgan fingerprint density at radius 2 is 1.41 bits per heavy atom. The van der Waals surface area contributed by atoms with Crippen molar-refractivity contribution in [3.8, 4) is 28.2 Å². The van der Waals surface area contributed by atoms with Crippen LogP contribution in [0.15, 0.2) is 108 Å². The second-order valence-corrected chi connectivity index (χ2v) is 14.0. The number of rotatable bonds is 3. The van der Waals surface area contributed by atoms with E-state index in [9.17, 15) is 0 Å². The highest BCUT2D eigenvalue weighted by Gasteiger charge is 2.37. The fraction of sp³-hybridized carbons (Fsp3) is 0.244. The molecule has 0 saturated heterocycles. The van der Waals surface area contributed by atoms with Gasteiger partial charge in [-0.1, -0.05) is 94.4 Å². The summed E-state index contributed by atoms with van der Waals surface area (Å²) in [5.41, 5.74) is 13.5. The highest BCUT2D eigenvalue weighted by Crippen LogP contribution is 2.48. The molecule has 0 bridgehead atoms. The van der Waals surface area contributed by atoms with Gasteiger partial charge in [0.1, 0.15) is 16.9 Å². The minimum absolute atomic E-state index is 0.154. The molecule has 2 heterocycles. The summed E-state index contributed by atoms with van der Waals surface area (Å²) in [6.07, 6.45) is 2.42. The largest absolute Gasteiger partial charge is 0.455 e. The van der Waals surface area contributed by atoms with E-state index < -0.39 is 0 Å². The van der Waals surface area contributed by atoms with E-state index in [4.69, 9.17) is 4.42 Å². The topological polar surface area (TPSA) is 21.9 Å². The summed E-state index contributed by atoms with van der Waals surface area (Å²) in [5, 5.41) is 2.32. The van der Waals surface area contributed by atoms with Crippen LogP contribution in [-0.2, 0) is 17.9 Å². The number of nitrogens with zero attached hydrogens (tertiary/aromatic N) is 2. The van der Waals surface area contributed by atoms with Gasteiger partial charge in [0.2, 0.25) is 0 Å². The Hall–Kier alpha value is -4.63. The highest BCUT2D eigenvalue weighted by atomic mass is 16.3. The van der Waals surface area contributed by atoms with Crippen molar-refractivity contribution >= 4 is 33.0 Å². The van der Waals surface area contributed by atoms with Crippen molar-refractivity contribution in [2.24, 2.45) is 7.05 Å². The molecule has 0 aliphatic heterocycles. The van der Waals surface area contributed by atoms with Crippen LogP contribution in [0.1, 0.15) is 57.2 Å². The van der Waals surface area contributed by atoms with Crippen molar-refractivity contribution in [1.29, 1.82) is 0 Å². The maximum atomic E-state index is 6.83. The van der Waals surface area contributed by atoms with E-state index in [0.29, 0.717) is 0 Å². The second kappa shape index (κ2) is 9.43. The van der Waals surface area contributed by atoms with E-state index in [2.05, 4.69) is 154 Å². The molecule has 3 nitrogen and oxygen atoms in total. The molecule has 0 radical (unpaired) electrons. The molecule has 0 atom stereocenters. The van der Waals surface area contributed by atoms with Gasteiger partial charge in [0.05, 0.1) is 12.6 Å². The van der Waals surface area contributed by atoms with Crippen LogP contribution in [0.3, 0.4) is 0 Å². The standard InChI is InChI=1S/C41H39N2O/c1-26-23-32-30-16-12-15-29(27-19-20-33-34(24-27)41(4,5)22-21-40(33,2)3)38(30)44-37(32)25-31(26)39-42(6)35-17-10-11-18-36(35)43(39)28-13-8-7-9-14-28/h7-20,23-25H,21-22H2,1-6H3/q+1. The number of para-hydroxylation sites is 4. The van der Waals surface area contributed by atoms with E-state index in [1.54, 1.807) is 0 Å². The molecule has 0 amide bonds. The van der Waals surface area contributed by atoms with Crippen molar-refractivity contribution in [1.82, 2.24) is 4.57 Å². The molecule has 3 heteroatoms. The fourth-order valence-electron chi connectivity index (χ4n) is 7.63. The fourth-order valence-corrected chi connectivity index (χ4v) is 7.63. The predicted molar refractivity (Wildman–Crippen MR) is 183 cm³/mol. The molecule has 0 N–H and O–H groups in total. The Morgan fingerprint density at radius 1 is 0.682 bits per heavy atom. The average Bonchev–Trinajstić information content (AvgIpc) is 3.53. The Morgan fingerprint density at radius 3 is 2.20 bits per heavy atom. The van der Waals surface area contributed by atoms with Crippen LogP contribution >= 0.6 is 0 Å². The zero-order valence-electron chi connectivity index (χ0n) is 26.5. The van der Waals surface area contributed by atoms with Gasteiger partial charge in [-0.25, -0.2) is 4.57 Å². The normalized spacial score (nSPS) is 15.7. The van der Waals surface area contributed by atoms with Gasteiger partial charge in [0, 0.05) is 16.3 Å². The lowest BCUT2D eigenvalue weighted by Crippen LogP contribution is -2.33. The molecule has 2 aromatic heterocycles. The van der Waals surface area contributed by atoms with E-state index in [-0.39, 0.29) is 10.8 Å². The monoisotopic (exact) mass is 575 g/mol. The van der Waals surface area contributed by atoms with Crippen molar-refractivity contribution in [3.05, 3.63) is 120 Å². The van der Waals surface area contributed by atoms with Crippen LogP contribution < -0.4 is 4.57 Å². The smallest absolute Gasteiger partial charge is 0.295 e. The predicted octanol–water partition coefficient (Wildman–Crippen LogP) is 10.3. The molecule has 0 saturated carbocycles. The molecule has 8 rings (SSSR count). The Labute approximate surface area is 259 Å². The second-order valence-electron chi connectivity index (χ2n) is 14.0. The van der Waals surface area contributed by atoms with E-state index >= 15 is 0 Å². The summed E-state index contributed by atoms with van der Waals surface area (Å²) in [7, 11) is 2.16. The number of aromatic nitrogens is 2. The lowest BCUT2D eigenvalue weighted by molar-refractivity contribution is -0.633. The first-order chi connectivity index (χ1) is 21.1. The molecule has 218 valence electrons. The van der Waals surface area contributed by atoms with Crippen molar-refractivity contribution in [2.75, 3.05) is 0 Å². The van der Waals surface area contributed by atoms with Crippen LogP contribution in [-0.4, -0.2) is 4.57 Å². The molecule has 1 aliphatic rings. The third-order valence-corrected chi connectivity index (χ3v) is 10.3. The third kappa shape index (κ3) is 3.91. The number of furan rings is 1. The first kappa shape index (κ1) is 27.0. The Kier molecular flexibility index (Phi) is 5.78. The van der Waals surface area contributed by atoms with Crippen LogP contribution in [0.5, 0.6) is 0 Å². The molecule has 5 aromatic carbocycles. The number of hydrogen-bond acceptors (Lipinski definition) is 1. The van der Waals surface area contributed by atoms with Gasteiger partial charge in [0.15, 0.2) is 11.0 Å². The minimum Gasteiger partial charge on any atom is -0.455 e. The number of fused-ring (bicyclic) bond motifs is 5.